The van der Waals surface area contributed by atoms with Gasteiger partial charge in [-0.15, -0.1) is 11.8 Å². The van der Waals surface area contributed by atoms with Crippen LogP contribution in [-0.2, 0) is 10.5 Å². The molecule has 0 spiro atoms. The van der Waals surface area contributed by atoms with E-state index in [9.17, 15) is 4.79 Å². The maximum atomic E-state index is 12.5. The number of hydrogen-bond acceptors (Lipinski definition) is 3. The quantitative estimate of drug-likeness (QED) is 0.810. The third-order valence-corrected chi connectivity index (χ3v) is 5.59. The van der Waals surface area contributed by atoms with E-state index in [2.05, 4.69) is 75.5 Å². The molecule has 0 bridgehead atoms. The fourth-order valence-electron chi connectivity index (χ4n) is 3.27. The van der Waals surface area contributed by atoms with Crippen LogP contribution in [0.5, 0.6) is 5.75 Å². The Balaban J connectivity index is 1.59. The molecule has 1 amide bonds. The number of thioether (sulfide) groups is 1. The molecule has 0 unspecified atom stereocenters. The Morgan fingerprint density at radius 1 is 1.15 bits per heavy atom. The lowest BCUT2D eigenvalue weighted by Crippen LogP contribution is -2.41. The zero-order valence-corrected chi connectivity index (χ0v) is 16.8. The first-order valence-corrected chi connectivity index (χ1v) is 10.2. The van der Waals surface area contributed by atoms with E-state index >= 15 is 0 Å². The summed E-state index contributed by atoms with van der Waals surface area (Å²) < 4.78 is 6.10. The lowest BCUT2D eigenvalue weighted by molar-refractivity contribution is -0.119. The second kappa shape index (κ2) is 7.75. The molecular weight excluding hydrogens is 342 g/mol. The molecule has 4 heteroatoms. The first-order chi connectivity index (χ1) is 12.3. The minimum absolute atomic E-state index is 0.00169. The molecule has 0 aliphatic carbocycles. The summed E-state index contributed by atoms with van der Waals surface area (Å²) in [5.74, 6) is 2.28. The number of aryl methyl sites for hydroxylation is 2. The van der Waals surface area contributed by atoms with Gasteiger partial charge in [0.15, 0.2) is 0 Å². The molecule has 1 aliphatic heterocycles. The molecule has 26 heavy (non-hydrogen) atoms. The number of hydrogen-bond donors (Lipinski definition) is 1. The van der Waals surface area contributed by atoms with E-state index in [1.54, 1.807) is 11.8 Å². The lowest BCUT2D eigenvalue weighted by Gasteiger charge is -2.38. The standard InChI is InChI=1S/C22H27NO2S/c1-15-5-8-17(9-6-15)13-26-14-21(24)23-19-12-22(3,4)25-20-11-16(2)7-10-18(19)20/h5-11,19H,12-14H2,1-4H3,(H,23,24)/t19-/m0/s1. The molecule has 3 rings (SSSR count). The van der Waals surface area contributed by atoms with Crippen LogP contribution >= 0.6 is 11.8 Å². The molecule has 1 heterocycles. The van der Waals surface area contributed by atoms with Crippen molar-refractivity contribution in [2.45, 2.75) is 51.5 Å². The van der Waals surface area contributed by atoms with Crippen LogP contribution in [0.15, 0.2) is 42.5 Å². The summed E-state index contributed by atoms with van der Waals surface area (Å²) >= 11 is 1.65. The van der Waals surface area contributed by atoms with E-state index < -0.39 is 0 Å². The van der Waals surface area contributed by atoms with Gasteiger partial charge in [-0.25, -0.2) is 0 Å². The van der Waals surface area contributed by atoms with Crippen LogP contribution < -0.4 is 10.1 Å². The van der Waals surface area contributed by atoms with Gasteiger partial charge < -0.3 is 10.1 Å². The Kier molecular flexibility index (Phi) is 5.61. The normalized spacial score (nSPS) is 17.9. The summed E-state index contributed by atoms with van der Waals surface area (Å²) in [6.45, 7) is 8.28. The van der Waals surface area contributed by atoms with Gasteiger partial charge in [-0.05, 0) is 44.9 Å². The van der Waals surface area contributed by atoms with Crippen molar-refractivity contribution >= 4 is 17.7 Å². The van der Waals surface area contributed by atoms with Crippen molar-refractivity contribution in [1.29, 1.82) is 0 Å². The minimum atomic E-state index is -0.284. The molecular formula is C22H27NO2S. The molecule has 0 radical (unpaired) electrons. The molecule has 0 saturated heterocycles. The van der Waals surface area contributed by atoms with E-state index in [4.69, 9.17) is 4.74 Å². The van der Waals surface area contributed by atoms with E-state index in [-0.39, 0.29) is 17.6 Å². The summed E-state index contributed by atoms with van der Waals surface area (Å²) in [5, 5.41) is 3.21. The number of carbonyl (C=O) groups is 1. The summed E-state index contributed by atoms with van der Waals surface area (Å²) in [7, 11) is 0. The number of amides is 1. The molecule has 1 aliphatic rings. The average molecular weight is 370 g/mol. The third kappa shape index (κ3) is 4.82. The maximum Gasteiger partial charge on any atom is 0.230 e. The lowest BCUT2D eigenvalue weighted by atomic mass is 9.89. The van der Waals surface area contributed by atoms with Gasteiger partial charge in [-0.3, -0.25) is 4.79 Å². The summed E-state index contributed by atoms with van der Waals surface area (Å²) in [6, 6.07) is 14.7. The van der Waals surface area contributed by atoms with Crippen molar-refractivity contribution in [3.63, 3.8) is 0 Å². The fourth-order valence-corrected chi connectivity index (χ4v) is 4.07. The van der Waals surface area contributed by atoms with Gasteiger partial charge in [0, 0.05) is 17.7 Å². The minimum Gasteiger partial charge on any atom is -0.487 e. The third-order valence-electron chi connectivity index (χ3n) is 4.58. The van der Waals surface area contributed by atoms with Crippen molar-refractivity contribution in [2.75, 3.05) is 5.75 Å². The number of ether oxygens (including phenoxy) is 1. The van der Waals surface area contributed by atoms with Crippen LogP contribution in [-0.4, -0.2) is 17.3 Å². The Morgan fingerprint density at radius 2 is 1.85 bits per heavy atom. The zero-order chi connectivity index (χ0) is 18.7. The van der Waals surface area contributed by atoms with Crippen LogP contribution in [0.4, 0.5) is 0 Å². The van der Waals surface area contributed by atoms with E-state index in [1.807, 2.05) is 0 Å². The highest BCUT2D eigenvalue weighted by Gasteiger charge is 2.34. The van der Waals surface area contributed by atoms with Gasteiger partial charge in [-0.2, -0.15) is 0 Å². The molecule has 0 aromatic heterocycles. The number of carbonyl (C=O) groups excluding carboxylic acids is 1. The molecule has 1 N–H and O–H groups in total. The Morgan fingerprint density at radius 3 is 2.58 bits per heavy atom. The molecule has 0 saturated carbocycles. The Hall–Kier alpha value is -1.94. The number of nitrogens with one attached hydrogen (secondary N) is 1. The van der Waals surface area contributed by atoms with Crippen LogP contribution in [0.25, 0.3) is 0 Å². The second-order valence-electron chi connectivity index (χ2n) is 7.71. The molecule has 0 fully saturated rings. The van der Waals surface area contributed by atoms with Gasteiger partial charge >= 0.3 is 0 Å². The molecule has 138 valence electrons. The molecule has 1 atom stereocenters. The fraction of sp³-hybridized carbons (Fsp3) is 0.409. The van der Waals surface area contributed by atoms with Crippen molar-refractivity contribution in [3.8, 4) is 5.75 Å². The van der Waals surface area contributed by atoms with Crippen molar-refractivity contribution in [2.24, 2.45) is 0 Å². The summed E-state index contributed by atoms with van der Waals surface area (Å²) in [4.78, 5) is 12.5. The van der Waals surface area contributed by atoms with Crippen LogP contribution in [0, 0.1) is 13.8 Å². The topological polar surface area (TPSA) is 38.3 Å². The molecule has 2 aromatic rings. The van der Waals surface area contributed by atoms with Gasteiger partial charge in [-0.1, -0.05) is 42.0 Å². The highest BCUT2D eigenvalue weighted by Crippen LogP contribution is 2.39. The van der Waals surface area contributed by atoms with Crippen molar-refractivity contribution in [1.82, 2.24) is 5.32 Å². The van der Waals surface area contributed by atoms with Gasteiger partial charge in [0.2, 0.25) is 5.91 Å². The smallest absolute Gasteiger partial charge is 0.230 e. The van der Waals surface area contributed by atoms with Gasteiger partial charge in [0.05, 0.1) is 11.8 Å². The van der Waals surface area contributed by atoms with Gasteiger partial charge in [0.25, 0.3) is 0 Å². The zero-order valence-electron chi connectivity index (χ0n) is 16.0. The Bertz CT molecular complexity index is 783. The summed E-state index contributed by atoms with van der Waals surface area (Å²) in [6.07, 6.45) is 0.775. The van der Waals surface area contributed by atoms with Crippen molar-refractivity contribution < 1.29 is 9.53 Å². The largest absolute Gasteiger partial charge is 0.487 e. The van der Waals surface area contributed by atoms with E-state index in [1.165, 1.54) is 16.7 Å². The molecule has 3 nitrogen and oxygen atoms in total. The van der Waals surface area contributed by atoms with Gasteiger partial charge in [0.1, 0.15) is 11.4 Å². The number of fused-ring (bicyclic) bond motifs is 1. The number of rotatable bonds is 5. The average Bonchev–Trinajstić information content (AvgIpc) is 2.55. The predicted molar refractivity (Wildman–Crippen MR) is 109 cm³/mol. The Labute approximate surface area is 160 Å². The van der Waals surface area contributed by atoms with Crippen LogP contribution in [0.1, 0.15) is 48.6 Å². The number of benzene rings is 2. The maximum absolute atomic E-state index is 12.5. The first-order valence-electron chi connectivity index (χ1n) is 9.05. The highest BCUT2D eigenvalue weighted by atomic mass is 32.2. The van der Waals surface area contributed by atoms with Crippen molar-refractivity contribution in [3.05, 3.63) is 64.7 Å². The monoisotopic (exact) mass is 369 g/mol. The van der Waals surface area contributed by atoms with Crippen LogP contribution in [0.3, 0.4) is 0 Å². The van der Waals surface area contributed by atoms with E-state index in [0.29, 0.717) is 5.75 Å². The SMILES string of the molecule is Cc1ccc(CSCC(=O)N[C@H]2CC(C)(C)Oc3cc(C)ccc32)cc1. The summed E-state index contributed by atoms with van der Waals surface area (Å²) in [5.41, 5.74) is 4.47. The van der Waals surface area contributed by atoms with E-state index in [0.717, 1.165) is 23.5 Å². The molecule has 2 aromatic carbocycles. The predicted octanol–water partition coefficient (Wildman–Crippen LogP) is 4.96. The first kappa shape index (κ1) is 18.8. The second-order valence-corrected chi connectivity index (χ2v) is 8.69. The van der Waals surface area contributed by atoms with Crippen LogP contribution in [0.2, 0.25) is 0 Å². The highest BCUT2D eigenvalue weighted by molar-refractivity contribution is 7.99.